The van der Waals surface area contributed by atoms with Gasteiger partial charge in [0.25, 0.3) is 0 Å². The van der Waals surface area contributed by atoms with Gasteiger partial charge in [-0.3, -0.25) is 0 Å². The fourth-order valence-corrected chi connectivity index (χ4v) is 4.92. The molecule has 4 rings (SSSR count). The van der Waals surface area contributed by atoms with Crippen molar-refractivity contribution >= 4 is 0 Å². The van der Waals surface area contributed by atoms with Gasteiger partial charge >= 0.3 is 6.18 Å². The summed E-state index contributed by atoms with van der Waals surface area (Å²) in [5, 5.41) is 0. The summed E-state index contributed by atoms with van der Waals surface area (Å²) in [6.07, 6.45) is 8.01. The molecule has 0 fully saturated rings. The Kier molecular flexibility index (Phi) is 5.35. The van der Waals surface area contributed by atoms with Crippen molar-refractivity contribution in [3.05, 3.63) is 81.9 Å². The third-order valence-corrected chi connectivity index (χ3v) is 6.43. The quantitative estimate of drug-likeness (QED) is 0.497. The van der Waals surface area contributed by atoms with Gasteiger partial charge in [0, 0.05) is 0 Å². The Hall–Kier alpha value is -2.03. The fraction of sp³-hybridized carbons (Fsp3) is 0.440. The average Bonchev–Trinajstić information content (AvgIpc) is 2.71. The highest BCUT2D eigenvalue weighted by Crippen LogP contribution is 2.39. The van der Waals surface area contributed by atoms with Gasteiger partial charge in [-0.25, -0.2) is 0 Å². The zero-order valence-electron chi connectivity index (χ0n) is 16.4. The van der Waals surface area contributed by atoms with Gasteiger partial charge in [0.2, 0.25) is 0 Å². The van der Waals surface area contributed by atoms with Crippen molar-refractivity contribution in [2.75, 3.05) is 0 Å². The summed E-state index contributed by atoms with van der Waals surface area (Å²) >= 11 is 0. The number of fused-ring (bicyclic) bond motifs is 3. The first-order valence-electron chi connectivity index (χ1n) is 10.4. The summed E-state index contributed by atoms with van der Waals surface area (Å²) in [4.78, 5) is 0. The van der Waals surface area contributed by atoms with Crippen LogP contribution in [0.15, 0.2) is 48.6 Å². The molecule has 2 atom stereocenters. The average molecular weight is 384 g/mol. The summed E-state index contributed by atoms with van der Waals surface area (Å²) in [7, 11) is 0. The van der Waals surface area contributed by atoms with Crippen LogP contribution in [-0.4, -0.2) is 0 Å². The molecule has 0 heterocycles. The largest absolute Gasteiger partial charge is 0.416 e. The van der Waals surface area contributed by atoms with E-state index in [1.165, 1.54) is 35.2 Å². The number of benzene rings is 2. The lowest BCUT2D eigenvalue weighted by molar-refractivity contribution is -0.137. The number of rotatable bonds is 3. The van der Waals surface area contributed by atoms with Gasteiger partial charge in [0.1, 0.15) is 0 Å². The van der Waals surface area contributed by atoms with E-state index in [0.717, 1.165) is 44.1 Å². The van der Waals surface area contributed by atoms with Crippen LogP contribution in [0.2, 0.25) is 0 Å². The molecule has 28 heavy (non-hydrogen) atoms. The lowest BCUT2D eigenvalue weighted by Crippen LogP contribution is -2.20. The Morgan fingerprint density at radius 2 is 1.54 bits per heavy atom. The zero-order chi connectivity index (χ0) is 19.7. The molecule has 0 bridgehead atoms. The second-order valence-corrected chi connectivity index (χ2v) is 8.24. The molecule has 0 amide bonds. The lowest BCUT2D eigenvalue weighted by atomic mass is 9.74. The second-order valence-electron chi connectivity index (χ2n) is 8.24. The van der Waals surface area contributed by atoms with Gasteiger partial charge in [-0.15, -0.1) is 0 Å². The monoisotopic (exact) mass is 384 g/mol. The van der Waals surface area contributed by atoms with Crippen molar-refractivity contribution in [3.8, 4) is 0 Å². The summed E-state index contributed by atoms with van der Waals surface area (Å²) in [5.74, 6) is 0.977. The number of hydrogen-bond donors (Lipinski definition) is 0. The van der Waals surface area contributed by atoms with Crippen LogP contribution in [0.25, 0.3) is 0 Å². The van der Waals surface area contributed by atoms with Gasteiger partial charge in [-0.1, -0.05) is 43.3 Å². The molecule has 2 aromatic rings. The first-order chi connectivity index (χ1) is 13.5. The molecule has 0 aromatic heterocycles. The van der Waals surface area contributed by atoms with Crippen molar-refractivity contribution in [2.45, 2.75) is 64.0 Å². The minimum atomic E-state index is -4.26. The summed E-state index contributed by atoms with van der Waals surface area (Å²) < 4.78 is 38.4. The molecular formula is C25H27F3. The van der Waals surface area contributed by atoms with E-state index in [2.05, 4.69) is 31.2 Å². The van der Waals surface area contributed by atoms with Crippen LogP contribution in [-0.2, 0) is 31.9 Å². The van der Waals surface area contributed by atoms with E-state index in [-0.39, 0.29) is 0 Å². The Bertz CT molecular complexity index is 859. The van der Waals surface area contributed by atoms with Crippen molar-refractivity contribution < 1.29 is 13.2 Å². The molecule has 0 aliphatic heterocycles. The predicted molar refractivity (Wildman–Crippen MR) is 108 cm³/mol. The minimum absolute atomic E-state index is 0.316. The molecule has 0 saturated heterocycles. The van der Waals surface area contributed by atoms with Crippen LogP contribution < -0.4 is 0 Å². The number of allylic oxidation sites excluding steroid dienone is 2. The Balaban J connectivity index is 1.52. The van der Waals surface area contributed by atoms with Gasteiger partial charge in [0.15, 0.2) is 0 Å². The molecule has 2 aliphatic rings. The Morgan fingerprint density at radius 3 is 2.18 bits per heavy atom. The maximum Gasteiger partial charge on any atom is 0.416 e. The summed E-state index contributed by atoms with van der Waals surface area (Å²) in [5.41, 5.74) is 6.46. The lowest BCUT2D eigenvalue weighted by Gasteiger charge is -2.31. The van der Waals surface area contributed by atoms with Crippen molar-refractivity contribution in [1.82, 2.24) is 0 Å². The van der Waals surface area contributed by atoms with Gasteiger partial charge in [-0.2, -0.15) is 13.2 Å². The van der Waals surface area contributed by atoms with E-state index in [1.54, 1.807) is 17.7 Å². The van der Waals surface area contributed by atoms with E-state index in [9.17, 15) is 13.2 Å². The van der Waals surface area contributed by atoms with Crippen molar-refractivity contribution in [3.63, 3.8) is 0 Å². The number of hydrogen-bond acceptors (Lipinski definition) is 0. The molecule has 2 unspecified atom stereocenters. The van der Waals surface area contributed by atoms with Crippen LogP contribution in [0.4, 0.5) is 13.2 Å². The van der Waals surface area contributed by atoms with Crippen molar-refractivity contribution in [2.24, 2.45) is 5.92 Å². The molecule has 0 N–H and O–H groups in total. The van der Waals surface area contributed by atoms with Crippen LogP contribution in [0.3, 0.4) is 0 Å². The fourth-order valence-electron chi connectivity index (χ4n) is 4.92. The van der Waals surface area contributed by atoms with Crippen LogP contribution in [0, 0.1) is 5.92 Å². The van der Waals surface area contributed by atoms with Gasteiger partial charge < -0.3 is 0 Å². The van der Waals surface area contributed by atoms with E-state index < -0.39 is 11.7 Å². The predicted octanol–water partition coefficient (Wildman–Crippen LogP) is 7.05. The molecule has 2 aromatic carbocycles. The van der Waals surface area contributed by atoms with E-state index >= 15 is 0 Å². The maximum absolute atomic E-state index is 12.8. The normalized spacial score (nSPS) is 22.1. The molecule has 3 heteroatoms. The summed E-state index contributed by atoms with van der Waals surface area (Å²) in [6.45, 7) is 2.18. The Labute approximate surface area is 165 Å². The van der Waals surface area contributed by atoms with E-state index in [4.69, 9.17) is 0 Å². The highest BCUT2D eigenvalue weighted by Gasteiger charge is 2.31. The Morgan fingerprint density at radius 1 is 0.893 bits per heavy atom. The SMILES string of the molecule is CCC=CC1CCc2c(ccc3c2CCC(c2ccc(C(F)(F)F)cc2)C3)C1. The molecular weight excluding hydrogens is 357 g/mol. The third kappa shape index (κ3) is 3.90. The van der Waals surface area contributed by atoms with E-state index in [0.29, 0.717) is 11.8 Å². The summed E-state index contributed by atoms with van der Waals surface area (Å²) in [6, 6.07) is 10.4. The highest BCUT2D eigenvalue weighted by molar-refractivity contribution is 5.46. The number of alkyl halides is 3. The van der Waals surface area contributed by atoms with Crippen LogP contribution >= 0.6 is 0 Å². The third-order valence-electron chi connectivity index (χ3n) is 6.43. The zero-order valence-corrected chi connectivity index (χ0v) is 16.4. The van der Waals surface area contributed by atoms with Crippen molar-refractivity contribution in [1.29, 1.82) is 0 Å². The number of halogens is 3. The molecule has 0 radical (unpaired) electrons. The van der Waals surface area contributed by atoms with Gasteiger partial charge in [-0.05, 0) is 96.7 Å². The minimum Gasteiger partial charge on any atom is -0.166 e. The molecule has 2 aliphatic carbocycles. The van der Waals surface area contributed by atoms with Crippen LogP contribution in [0.1, 0.15) is 65.5 Å². The van der Waals surface area contributed by atoms with E-state index in [1.807, 2.05) is 0 Å². The second kappa shape index (κ2) is 7.77. The smallest absolute Gasteiger partial charge is 0.166 e. The first kappa shape index (κ1) is 19.3. The molecule has 0 spiro atoms. The topological polar surface area (TPSA) is 0 Å². The van der Waals surface area contributed by atoms with Crippen LogP contribution in [0.5, 0.6) is 0 Å². The molecule has 148 valence electrons. The molecule has 0 saturated carbocycles. The standard InChI is InChI=1S/C25H27F3/c1-2-3-4-17-5-13-23-20(15-17)6-7-21-16-19(10-14-24(21)23)18-8-11-22(12-9-18)25(26,27)28/h3-4,6-9,11-12,17,19H,2,5,10,13-16H2,1H3. The highest BCUT2D eigenvalue weighted by atomic mass is 19.4. The molecule has 0 nitrogen and oxygen atoms in total. The van der Waals surface area contributed by atoms with Gasteiger partial charge in [0.05, 0.1) is 5.56 Å². The first-order valence-corrected chi connectivity index (χ1v) is 10.4. The maximum atomic E-state index is 12.8.